The third-order valence-corrected chi connectivity index (χ3v) is 5.07. The standard InChI is InChI=1S/C19H19FN4O/c20-15-6-4-14(5-7-15)19(8-1-2-9-19)13-22-17(25)16-12-24-11-3-10-21-18(24)23-16/h3-7,10-12H,1-2,8-9,13H2,(H,22,25). The van der Waals surface area contributed by atoms with Gasteiger partial charge in [-0.15, -0.1) is 0 Å². The van der Waals surface area contributed by atoms with Crippen LogP contribution < -0.4 is 5.32 Å². The van der Waals surface area contributed by atoms with Gasteiger partial charge in [0.05, 0.1) is 0 Å². The Morgan fingerprint density at radius 3 is 2.72 bits per heavy atom. The topological polar surface area (TPSA) is 59.3 Å². The van der Waals surface area contributed by atoms with Crippen LogP contribution in [0.5, 0.6) is 0 Å². The van der Waals surface area contributed by atoms with Crippen molar-refractivity contribution >= 4 is 11.7 Å². The summed E-state index contributed by atoms with van der Waals surface area (Å²) in [5.41, 5.74) is 1.31. The molecule has 1 N–H and O–H groups in total. The molecule has 0 radical (unpaired) electrons. The van der Waals surface area contributed by atoms with Gasteiger partial charge < -0.3 is 5.32 Å². The number of rotatable bonds is 4. The molecule has 4 rings (SSSR count). The Morgan fingerprint density at radius 2 is 2.00 bits per heavy atom. The molecule has 0 spiro atoms. The van der Waals surface area contributed by atoms with Crippen LogP contribution >= 0.6 is 0 Å². The second-order valence-corrected chi connectivity index (χ2v) is 6.63. The second-order valence-electron chi connectivity index (χ2n) is 6.63. The average Bonchev–Trinajstić information content (AvgIpc) is 3.28. The molecule has 2 heterocycles. The molecule has 1 saturated carbocycles. The summed E-state index contributed by atoms with van der Waals surface area (Å²) in [4.78, 5) is 20.9. The summed E-state index contributed by atoms with van der Waals surface area (Å²) in [7, 11) is 0. The Kier molecular flexibility index (Phi) is 3.95. The van der Waals surface area contributed by atoms with Crippen molar-refractivity contribution in [2.45, 2.75) is 31.1 Å². The van der Waals surface area contributed by atoms with Gasteiger partial charge in [0.25, 0.3) is 5.91 Å². The molecule has 3 aromatic rings. The molecule has 6 heteroatoms. The third kappa shape index (κ3) is 2.99. The maximum absolute atomic E-state index is 13.2. The number of carbonyl (C=O) groups is 1. The minimum absolute atomic E-state index is 0.124. The Bertz CT molecular complexity index is 864. The van der Waals surface area contributed by atoms with Crippen LogP contribution in [0.15, 0.2) is 48.9 Å². The van der Waals surface area contributed by atoms with E-state index in [2.05, 4.69) is 15.3 Å². The Balaban J connectivity index is 1.53. The molecule has 2 aromatic heterocycles. The van der Waals surface area contributed by atoms with Gasteiger partial charge >= 0.3 is 0 Å². The number of hydrogen-bond acceptors (Lipinski definition) is 3. The van der Waals surface area contributed by atoms with Gasteiger partial charge in [0, 0.05) is 30.6 Å². The van der Waals surface area contributed by atoms with E-state index in [1.807, 2.05) is 18.3 Å². The van der Waals surface area contributed by atoms with E-state index in [1.165, 1.54) is 12.1 Å². The number of amides is 1. The van der Waals surface area contributed by atoms with Gasteiger partial charge in [-0.1, -0.05) is 25.0 Å². The highest BCUT2D eigenvalue weighted by molar-refractivity contribution is 5.92. The van der Waals surface area contributed by atoms with Crippen molar-refractivity contribution in [3.05, 3.63) is 66.0 Å². The number of carbonyl (C=O) groups excluding carboxylic acids is 1. The summed E-state index contributed by atoms with van der Waals surface area (Å²) in [6.45, 7) is 0.527. The van der Waals surface area contributed by atoms with Crippen molar-refractivity contribution in [2.75, 3.05) is 6.54 Å². The number of benzene rings is 1. The first kappa shape index (κ1) is 15.7. The SMILES string of the molecule is O=C(NCC1(c2ccc(F)cc2)CCCC1)c1cn2cccnc2n1. The molecule has 128 valence electrons. The van der Waals surface area contributed by atoms with Crippen molar-refractivity contribution in [3.63, 3.8) is 0 Å². The first-order valence-corrected chi connectivity index (χ1v) is 8.50. The van der Waals surface area contributed by atoms with Crippen molar-refractivity contribution in [2.24, 2.45) is 0 Å². The first-order chi connectivity index (χ1) is 12.2. The summed E-state index contributed by atoms with van der Waals surface area (Å²) in [5.74, 6) is 0.0544. The minimum atomic E-state index is -0.238. The zero-order valence-corrected chi connectivity index (χ0v) is 13.8. The van der Waals surface area contributed by atoms with E-state index in [0.29, 0.717) is 18.0 Å². The number of halogens is 1. The predicted octanol–water partition coefficient (Wildman–Crippen LogP) is 3.11. The second kappa shape index (κ2) is 6.27. The van der Waals surface area contributed by atoms with Crippen LogP contribution in [-0.2, 0) is 5.41 Å². The molecule has 0 saturated heterocycles. The van der Waals surface area contributed by atoms with Crippen LogP contribution in [0.25, 0.3) is 5.78 Å². The van der Waals surface area contributed by atoms with Crippen molar-refractivity contribution in [1.82, 2.24) is 19.7 Å². The van der Waals surface area contributed by atoms with E-state index in [0.717, 1.165) is 31.2 Å². The number of nitrogens with one attached hydrogen (secondary N) is 1. The Morgan fingerprint density at radius 1 is 1.24 bits per heavy atom. The monoisotopic (exact) mass is 338 g/mol. The minimum Gasteiger partial charge on any atom is -0.350 e. The summed E-state index contributed by atoms with van der Waals surface area (Å²) in [6, 6.07) is 8.44. The lowest BCUT2D eigenvalue weighted by Crippen LogP contribution is -2.39. The van der Waals surface area contributed by atoms with Crippen LogP contribution in [0.4, 0.5) is 4.39 Å². The van der Waals surface area contributed by atoms with Gasteiger partial charge in [-0.05, 0) is 36.6 Å². The number of fused-ring (bicyclic) bond motifs is 1. The molecule has 0 aliphatic heterocycles. The van der Waals surface area contributed by atoms with E-state index in [-0.39, 0.29) is 17.1 Å². The number of nitrogens with zero attached hydrogens (tertiary/aromatic N) is 3. The van der Waals surface area contributed by atoms with E-state index >= 15 is 0 Å². The maximum atomic E-state index is 13.2. The molecule has 0 unspecified atom stereocenters. The van der Waals surface area contributed by atoms with Crippen LogP contribution in [-0.4, -0.2) is 26.8 Å². The lowest BCUT2D eigenvalue weighted by molar-refractivity contribution is 0.0938. The number of imidazole rings is 1. The van der Waals surface area contributed by atoms with Crippen LogP contribution in [0, 0.1) is 5.82 Å². The largest absolute Gasteiger partial charge is 0.350 e. The van der Waals surface area contributed by atoms with E-state index < -0.39 is 0 Å². The highest BCUT2D eigenvalue weighted by Gasteiger charge is 2.36. The van der Waals surface area contributed by atoms with Gasteiger partial charge in [0.2, 0.25) is 5.78 Å². The summed E-state index contributed by atoms with van der Waals surface area (Å²) in [5, 5.41) is 3.02. The Labute approximate surface area is 144 Å². The maximum Gasteiger partial charge on any atom is 0.271 e. The molecule has 25 heavy (non-hydrogen) atoms. The fourth-order valence-electron chi connectivity index (χ4n) is 3.70. The highest BCUT2D eigenvalue weighted by Crippen LogP contribution is 2.40. The quantitative estimate of drug-likeness (QED) is 0.795. The molecular weight excluding hydrogens is 319 g/mol. The summed E-state index contributed by atoms with van der Waals surface area (Å²) < 4.78 is 15.0. The lowest BCUT2D eigenvalue weighted by Gasteiger charge is -2.30. The van der Waals surface area contributed by atoms with E-state index in [4.69, 9.17) is 0 Å². The van der Waals surface area contributed by atoms with Crippen LogP contribution in [0.3, 0.4) is 0 Å². The Hall–Kier alpha value is -2.76. The third-order valence-electron chi connectivity index (χ3n) is 5.07. The summed E-state index contributed by atoms with van der Waals surface area (Å²) >= 11 is 0. The molecular formula is C19H19FN4O. The van der Waals surface area contributed by atoms with Gasteiger partial charge in [-0.25, -0.2) is 14.4 Å². The van der Waals surface area contributed by atoms with E-state index in [9.17, 15) is 9.18 Å². The average molecular weight is 338 g/mol. The van der Waals surface area contributed by atoms with Crippen molar-refractivity contribution < 1.29 is 9.18 Å². The highest BCUT2D eigenvalue weighted by atomic mass is 19.1. The van der Waals surface area contributed by atoms with Crippen molar-refractivity contribution in [1.29, 1.82) is 0 Å². The fraction of sp³-hybridized carbons (Fsp3) is 0.316. The summed E-state index contributed by atoms with van der Waals surface area (Å²) in [6.07, 6.45) is 9.35. The molecule has 1 fully saturated rings. The van der Waals surface area contributed by atoms with Crippen molar-refractivity contribution in [3.8, 4) is 0 Å². The van der Waals surface area contributed by atoms with E-state index in [1.54, 1.807) is 22.9 Å². The van der Waals surface area contributed by atoms with Crippen LogP contribution in [0.2, 0.25) is 0 Å². The van der Waals surface area contributed by atoms with Gasteiger partial charge in [0.15, 0.2) is 0 Å². The van der Waals surface area contributed by atoms with Gasteiger partial charge in [-0.2, -0.15) is 0 Å². The number of hydrogen-bond donors (Lipinski definition) is 1. The molecule has 1 aromatic carbocycles. The molecule has 1 aliphatic carbocycles. The predicted molar refractivity (Wildman–Crippen MR) is 91.9 cm³/mol. The smallest absolute Gasteiger partial charge is 0.271 e. The molecule has 5 nitrogen and oxygen atoms in total. The molecule has 0 atom stereocenters. The van der Waals surface area contributed by atoms with Gasteiger partial charge in [0.1, 0.15) is 11.5 Å². The fourth-order valence-corrected chi connectivity index (χ4v) is 3.70. The molecule has 1 aliphatic rings. The molecule has 1 amide bonds. The normalized spacial score (nSPS) is 16.2. The first-order valence-electron chi connectivity index (χ1n) is 8.50. The number of aromatic nitrogens is 3. The van der Waals surface area contributed by atoms with Gasteiger partial charge in [-0.3, -0.25) is 9.20 Å². The lowest BCUT2D eigenvalue weighted by atomic mass is 9.79. The zero-order valence-electron chi connectivity index (χ0n) is 13.8. The zero-order chi connectivity index (χ0) is 17.3. The molecule has 0 bridgehead atoms. The van der Waals surface area contributed by atoms with Crippen LogP contribution in [0.1, 0.15) is 41.7 Å².